The molecule has 2 aromatic carbocycles. The summed E-state index contributed by atoms with van der Waals surface area (Å²) in [6, 6.07) is 17.8. The number of hydrogen-bond acceptors (Lipinski definition) is 4. The molecule has 0 aliphatic carbocycles. The Labute approximate surface area is 168 Å². The molecule has 6 heteroatoms. The fourth-order valence-corrected chi connectivity index (χ4v) is 4.43. The molecule has 2 unspecified atom stereocenters. The average molecular weight is 391 g/mol. The molecule has 0 spiro atoms. The van der Waals surface area contributed by atoms with E-state index in [1.807, 2.05) is 59.5 Å². The highest BCUT2D eigenvalue weighted by Gasteiger charge is 2.46. The van der Waals surface area contributed by atoms with Crippen molar-refractivity contribution in [2.45, 2.75) is 18.5 Å². The van der Waals surface area contributed by atoms with E-state index in [1.165, 1.54) is 0 Å². The van der Waals surface area contributed by atoms with Crippen LogP contribution >= 0.6 is 11.6 Å². The summed E-state index contributed by atoms with van der Waals surface area (Å²) in [5, 5.41) is 0.706. The molecule has 0 radical (unpaired) electrons. The van der Waals surface area contributed by atoms with E-state index in [0.717, 1.165) is 42.1 Å². The Morgan fingerprint density at radius 1 is 0.929 bits per heavy atom. The zero-order valence-corrected chi connectivity index (χ0v) is 16.0. The highest BCUT2D eigenvalue weighted by atomic mass is 35.5. The lowest BCUT2D eigenvalue weighted by Gasteiger charge is -2.34. The van der Waals surface area contributed by atoms with Gasteiger partial charge in [-0.1, -0.05) is 35.9 Å². The van der Waals surface area contributed by atoms with E-state index >= 15 is 0 Å². The monoisotopic (exact) mass is 390 g/mol. The summed E-state index contributed by atoms with van der Waals surface area (Å²) < 4.78 is 0. The maximum absolute atomic E-state index is 13.0. The number of carbonyl (C=O) groups is 1. The van der Waals surface area contributed by atoms with Gasteiger partial charge < -0.3 is 9.80 Å². The molecule has 5 rings (SSSR count). The van der Waals surface area contributed by atoms with Gasteiger partial charge in [0.1, 0.15) is 0 Å². The maximum atomic E-state index is 13.0. The number of halogens is 1. The molecule has 28 heavy (non-hydrogen) atoms. The van der Waals surface area contributed by atoms with Gasteiger partial charge in [-0.05, 0) is 47.9 Å². The van der Waals surface area contributed by atoms with Crippen LogP contribution in [0.2, 0.25) is 5.02 Å². The Morgan fingerprint density at radius 3 is 2.39 bits per heavy atom. The minimum atomic E-state index is 0.0961. The molecule has 2 saturated heterocycles. The topological polar surface area (TPSA) is 49.3 Å². The van der Waals surface area contributed by atoms with Crippen LogP contribution in [0.5, 0.6) is 0 Å². The summed E-state index contributed by atoms with van der Waals surface area (Å²) in [5.74, 6) is 0.853. The Morgan fingerprint density at radius 2 is 1.71 bits per heavy atom. The second-order valence-corrected chi connectivity index (χ2v) is 7.73. The molecule has 1 aromatic heterocycles. The van der Waals surface area contributed by atoms with Crippen molar-refractivity contribution in [2.75, 3.05) is 18.0 Å². The first-order valence-electron chi connectivity index (χ1n) is 9.40. The van der Waals surface area contributed by atoms with Crippen LogP contribution in [0.4, 0.5) is 5.95 Å². The molecule has 0 saturated carbocycles. The largest absolute Gasteiger partial charge is 0.334 e. The number of carbonyl (C=O) groups excluding carboxylic acids is 1. The quantitative estimate of drug-likeness (QED) is 0.680. The van der Waals surface area contributed by atoms with E-state index in [1.54, 1.807) is 12.4 Å². The van der Waals surface area contributed by atoms with Crippen molar-refractivity contribution in [3.8, 4) is 11.1 Å². The van der Waals surface area contributed by atoms with Crippen molar-refractivity contribution < 1.29 is 4.79 Å². The third kappa shape index (κ3) is 3.02. The summed E-state index contributed by atoms with van der Waals surface area (Å²) in [5.41, 5.74) is 2.82. The Bertz CT molecular complexity index is 1010. The third-order valence-electron chi connectivity index (χ3n) is 5.60. The zero-order valence-electron chi connectivity index (χ0n) is 15.2. The Balaban J connectivity index is 1.30. The summed E-state index contributed by atoms with van der Waals surface area (Å²) in [4.78, 5) is 26.0. The minimum absolute atomic E-state index is 0.0961. The van der Waals surface area contributed by atoms with Crippen molar-refractivity contribution in [3.05, 3.63) is 77.6 Å². The molecular formula is C22H19ClN4O. The normalized spacial score (nSPS) is 20.6. The summed E-state index contributed by atoms with van der Waals surface area (Å²) >= 11 is 6.08. The van der Waals surface area contributed by atoms with Crippen LogP contribution in [0.3, 0.4) is 0 Å². The van der Waals surface area contributed by atoms with Gasteiger partial charge in [-0.25, -0.2) is 9.97 Å². The van der Waals surface area contributed by atoms with Gasteiger partial charge in [0.25, 0.3) is 5.91 Å². The highest BCUT2D eigenvalue weighted by Crippen LogP contribution is 2.34. The predicted octanol–water partition coefficient (Wildman–Crippen LogP) is 3.90. The maximum Gasteiger partial charge on any atom is 0.254 e. The highest BCUT2D eigenvalue weighted by molar-refractivity contribution is 6.30. The third-order valence-corrected chi connectivity index (χ3v) is 5.84. The number of nitrogens with zero attached hydrogens (tertiary/aromatic N) is 4. The molecule has 1 amide bonds. The van der Waals surface area contributed by atoms with Crippen LogP contribution in [-0.4, -0.2) is 45.9 Å². The van der Waals surface area contributed by atoms with Gasteiger partial charge in [0.15, 0.2) is 0 Å². The van der Waals surface area contributed by atoms with Crippen LogP contribution in [0.25, 0.3) is 11.1 Å². The molecule has 2 aliphatic heterocycles. The van der Waals surface area contributed by atoms with Gasteiger partial charge in [0.2, 0.25) is 5.95 Å². The lowest BCUT2D eigenvalue weighted by Crippen LogP contribution is -2.49. The van der Waals surface area contributed by atoms with Gasteiger partial charge in [-0.3, -0.25) is 4.79 Å². The summed E-state index contributed by atoms with van der Waals surface area (Å²) in [6.45, 7) is 1.51. The van der Waals surface area contributed by atoms with Crippen molar-refractivity contribution in [1.29, 1.82) is 0 Å². The Kier molecular flexibility index (Phi) is 4.24. The molecule has 2 bridgehead atoms. The summed E-state index contributed by atoms with van der Waals surface area (Å²) in [7, 11) is 0. The van der Waals surface area contributed by atoms with E-state index in [-0.39, 0.29) is 11.9 Å². The first-order valence-corrected chi connectivity index (χ1v) is 9.77. The number of fused-ring (bicyclic) bond motifs is 2. The fraction of sp³-hybridized carbons (Fsp3) is 0.227. The molecule has 5 nitrogen and oxygen atoms in total. The van der Waals surface area contributed by atoms with Gasteiger partial charge in [0, 0.05) is 36.1 Å². The molecular weight excluding hydrogens is 372 g/mol. The molecule has 0 N–H and O–H groups in total. The number of benzene rings is 2. The van der Waals surface area contributed by atoms with Crippen molar-refractivity contribution in [2.24, 2.45) is 0 Å². The molecule has 2 atom stereocenters. The lowest BCUT2D eigenvalue weighted by atomic mass is 10.0. The Hall–Kier alpha value is -2.92. The van der Waals surface area contributed by atoms with E-state index < -0.39 is 0 Å². The zero-order chi connectivity index (χ0) is 19.1. The van der Waals surface area contributed by atoms with Crippen LogP contribution in [-0.2, 0) is 0 Å². The van der Waals surface area contributed by atoms with Gasteiger partial charge >= 0.3 is 0 Å². The second kappa shape index (κ2) is 6.91. The lowest BCUT2D eigenvalue weighted by molar-refractivity contribution is 0.0725. The fourth-order valence-electron chi connectivity index (χ4n) is 4.24. The second-order valence-electron chi connectivity index (χ2n) is 7.29. The molecule has 3 aromatic rings. The van der Waals surface area contributed by atoms with Crippen molar-refractivity contribution >= 4 is 23.5 Å². The van der Waals surface area contributed by atoms with Crippen LogP contribution in [0.15, 0.2) is 67.0 Å². The minimum Gasteiger partial charge on any atom is -0.334 e. The van der Waals surface area contributed by atoms with Gasteiger partial charge in [0.05, 0.1) is 12.1 Å². The van der Waals surface area contributed by atoms with E-state index in [0.29, 0.717) is 11.1 Å². The number of aromatic nitrogens is 2. The standard InChI is InChI=1S/C22H19ClN4O/c23-18-4-1-3-17(11-18)15-5-7-16(8-6-15)21(28)26-13-20-12-19(26)14-27(20)22-24-9-2-10-25-22/h1-11,19-20H,12-14H2. The van der Waals surface area contributed by atoms with Crippen LogP contribution in [0, 0.1) is 0 Å². The van der Waals surface area contributed by atoms with Crippen LogP contribution in [0.1, 0.15) is 16.8 Å². The number of piperazine rings is 1. The van der Waals surface area contributed by atoms with E-state index in [4.69, 9.17) is 11.6 Å². The predicted molar refractivity (Wildman–Crippen MR) is 109 cm³/mol. The number of likely N-dealkylation sites (tertiary alicyclic amines) is 1. The molecule has 140 valence electrons. The average Bonchev–Trinajstić information content (AvgIpc) is 3.35. The van der Waals surface area contributed by atoms with Gasteiger partial charge in [-0.15, -0.1) is 0 Å². The summed E-state index contributed by atoms with van der Waals surface area (Å²) in [6.07, 6.45) is 4.50. The van der Waals surface area contributed by atoms with E-state index in [2.05, 4.69) is 14.9 Å². The number of anilines is 1. The first-order chi connectivity index (χ1) is 13.7. The van der Waals surface area contributed by atoms with Crippen LogP contribution < -0.4 is 4.90 Å². The SMILES string of the molecule is O=C(c1ccc(-c2cccc(Cl)c2)cc1)N1CC2CC1CN2c1ncccn1. The number of hydrogen-bond donors (Lipinski definition) is 0. The van der Waals surface area contributed by atoms with Gasteiger partial charge in [-0.2, -0.15) is 0 Å². The molecule has 3 heterocycles. The number of amides is 1. The first kappa shape index (κ1) is 17.2. The van der Waals surface area contributed by atoms with Crippen molar-refractivity contribution in [3.63, 3.8) is 0 Å². The van der Waals surface area contributed by atoms with E-state index in [9.17, 15) is 4.79 Å². The number of rotatable bonds is 3. The smallest absolute Gasteiger partial charge is 0.254 e. The molecule has 2 aliphatic rings. The van der Waals surface area contributed by atoms with Crippen molar-refractivity contribution in [1.82, 2.24) is 14.9 Å². The molecule has 2 fully saturated rings.